The number of nitrogens with two attached hydrogens (primary N) is 1. The van der Waals surface area contributed by atoms with E-state index in [0.29, 0.717) is 6.04 Å². The second-order valence-corrected chi connectivity index (χ2v) is 5.81. The molecule has 2 heteroatoms. The van der Waals surface area contributed by atoms with Crippen LogP contribution < -0.4 is 5.73 Å². The highest BCUT2D eigenvalue weighted by Gasteiger charge is 2.32. The van der Waals surface area contributed by atoms with Crippen LogP contribution in [0.3, 0.4) is 0 Å². The van der Waals surface area contributed by atoms with E-state index in [-0.39, 0.29) is 0 Å². The molecule has 98 valence electrons. The van der Waals surface area contributed by atoms with Gasteiger partial charge in [-0.1, -0.05) is 19.4 Å². The minimum absolute atomic E-state index is 0.658. The van der Waals surface area contributed by atoms with Crippen LogP contribution in [-0.2, 0) is 6.42 Å². The number of piperidine rings is 1. The van der Waals surface area contributed by atoms with Crippen molar-refractivity contribution in [2.24, 2.45) is 0 Å². The molecule has 0 amide bonds. The number of nitrogen functional groups attached to an aromatic ring is 1. The molecule has 2 N–H and O–H groups in total. The van der Waals surface area contributed by atoms with Gasteiger partial charge in [-0.2, -0.15) is 0 Å². The van der Waals surface area contributed by atoms with Crippen molar-refractivity contribution in [1.82, 2.24) is 4.90 Å². The highest BCUT2D eigenvalue weighted by Crippen LogP contribution is 2.40. The van der Waals surface area contributed by atoms with Crippen LogP contribution in [0.2, 0.25) is 0 Å². The fourth-order valence-corrected chi connectivity index (χ4v) is 3.83. The Labute approximate surface area is 110 Å². The Morgan fingerprint density at radius 2 is 2.17 bits per heavy atom. The lowest BCUT2D eigenvalue weighted by molar-refractivity contribution is 0.0916. The van der Waals surface area contributed by atoms with Gasteiger partial charge in [-0.25, -0.2) is 0 Å². The molecule has 1 aliphatic carbocycles. The Balaban J connectivity index is 1.86. The Bertz CT molecular complexity index is 427. The molecular weight excluding hydrogens is 220 g/mol. The predicted molar refractivity (Wildman–Crippen MR) is 76.6 cm³/mol. The zero-order chi connectivity index (χ0) is 12.5. The van der Waals surface area contributed by atoms with Crippen LogP contribution >= 0.6 is 0 Å². The lowest BCUT2D eigenvalue weighted by atomic mass is 9.95. The molecular formula is C16H24N2. The van der Waals surface area contributed by atoms with Gasteiger partial charge in [-0.05, 0) is 61.9 Å². The van der Waals surface area contributed by atoms with E-state index >= 15 is 0 Å². The summed E-state index contributed by atoms with van der Waals surface area (Å²) in [5.41, 5.74) is 9.84. The third-order valence-electron chi connectivity index (χ3n) is 4.76. The van der Waals surface area contributed by atoms with Gasteiger partial charge >= 0.3 is 0 Å². The van der Waals surface area contributed by atoms with Gasteiger partial charge in [0.25, 0.3) is 0 Å². The number of fused-ring (bicyclic) bond motifs is 1. The number of benzene rings is 1. The molecule has 1 aromatic carbocycles. The Morgan fingerprint density at radius 1 is 1.28 bits per heavy atom. The quantitative estimate of drug-likeness (QED) is 0.807. The van der Waals surface area contributed by atoms with Crippen LogP contribution in [-0.4, -0.2) is 17.5 Å². The number of aryl methyl sites for hydroxylation is 1. The van der Waals surface area contributed by atoms with Gasteiger partial charge in [0, 0.05) is 17.8 Å². The first-order chi connectivity index (χ1) is 8.79. The predicted octanol–water partition coefficient (Wildman–Crippen LogP) is 3.52. The van der Waals surface area contributed by atoms with E-state index in [1.165, 1.54) is 50.6 Å². The van der Waals surface area contributed by atoms with Crippen molar-refractivity contribution in [1.29, 1.82) is 0 Å². The molecule has 0 radical (unpaired) electrons. The van der Waals surface area contributed by atoms with Crippen molar-refractivity contribution >= 4 is 5.69 Å². The monoisotopic (exact) mass is 244 g/mol. The summed E-state index contributed by atoms with van der Waals surface area (Å²) in [4.78, 5) is 2.77. The average Bonchev–Trinajstić information content (AvgIpc) is 2.81. The van der Waals surface area contributed by atoms with Crippen molar-refractivity contribution in [3.05, 3.63) is 29.3 Å². The molecule has 1 saturated heterocycles. The molecule has 2 nitrogen and oxygen atoms in total. The molecule has 1 aromatic rings. The summed E-state index contributed by atoms with van der Waals surface area (Å²) in [5, 5.41) is 0. The topological polar surface area (TPSA) is 29.3 Å². The van der Waals surface area contributed by atoms with E-state index in [1.807, 2.05) is 0 Å². The number of rotatable bonds is 2. The Hall–Kier alpha value is -1.02. The molecule has 0 bridgehead atoms. The van der Waals surface area contributed by atoms with E-state index in [4.69, 9.17) is 5.73 Å². The van der Waals surface area contributed by atoms with Gasteiger partial charge in [-0.15, -0.1) is 0 Å². The van der Waals surface area contributed by atoms with E-state index < -0.39 is 0 Å². The van der Waals surface area contributed by atoms with E-state index in [9.17, 15) is 0 Å². The minimum atomic E-state index is 0.658. The van der Waals surface area contributed by atoms with Crippen LogP contribution in [0.25, 0.3) is 0 Å². The summed E-state index contributed by atoms with van der Waals surface area (Å²) in [6.45, 7) is 3.62. The molecule has 1 heterocycles. The molecule has 1 aliphatic heterocycles. The standard InChI is InChI=1S/C16H24N2/c1-2-14-5-3-4-10-18(14)16-9-6-12-11-13(17)7-8-15(12)16/h7-8,11,14,16H,2-6,9-10,17H2,1H3. The van der Waals surface area contributed by atoms with Gasteiger partial charge in [0.15, 0.2) is 0 Å². The lowest BCUT2D eigenvalue weighted by Gasteiger charge is -2.40. The van der Waals surface area contributed by atoms with Gasteiger partial charge in [-0.3, -0.25) is 4.90 Å². The highest BCUT2D eigenvalue weighted by molar-refractivity contribution is 5.47. The molecule has 1 fully saturated rings. The van der Waals surface area contributed by atoms with Crippen molar-refractivity contribution in [3.63, 3.8) is 0 Å². The van der Waals surface area contributed by atoms with Gasteiger partial charge in [0.2, 0.25) is 0 Å². The second-order valence-electron chi connectivity index (χ2n) is 5.81. The van der Waals surface area contributed by atoms with Crippen LogP contribution in [0.5, 0.6) is 0 Å². The van der Waals surface area contributed by atoms with Crippen molar-refractivity contribution in [2.45, 2.75) is 57.5 Å². The molecule has 0 spiro atoms. The van der Waals surface area contributed by atoms with Crippen LogP contribution in [0.1, 0.15) is 56.2 Å². The van der Waals surface area contributed by atoms with E-state index in [0.717, 1.165) is 11.7 Å². The fourth-order valence-electron chi connectivity index (χ4n) is 3.83. The summed E-state index contributed by atoms with van der Waals surface area (Å²) < 4.78 is 0. The molecule has 0 saturated carbocycles. The average molecular weight is 244 g/mol. The van der Waals surface area contributed by atoms with Crippen molar-refractivity contribution in [2.75, 3.05) is 12.3 Å². The fraction of sp³-hybridized carbons (Fsp3) is 0.625. The molecule has 2 aliphatic rings. The maximum atomic E-state index is 5.89. The maximum absolute atomic E-state index is 5.89. The second kappa shape index (κ2) is 4.93. The SMILES string of the molecule is CCC1CCCCN1C1CCc2cc(N)ccc21. The number of anilines is 1. The highest BCUT2D eigenvalue weighted by atomic mass is 15.2. The summed E-state index contributed by atoms with van der Waals surface area (Å²) in [5.74, 6) is 0. The van der Waals surface area contributed by atoms with Gasteiger partial charge in [0.1, 0.15) is 0 Å². The molecule has 0 aromatic heterocycles. The molecule has 3 rings (SSSR count). The first-order valence-electron chi connectivity index (χ1n) is 7.43. The normalized spacial score (nSPS) is 28.3. The number of nitrogens with zero attached hydrogens (tertiary/aromatic N) is 1. The molecule has 18 heavy (non-hydrogen) atoms. The van der Waals surface area contributed by atoms with Crippen LogP contribution in [0, 0.1) is 0 Å². The van der Waals surface area contributed by atoms with E-state index in [1.54, 1.807) is 5.56 Å². The zero-order valence-corrected chi connectivity index (χ0v) is 11.4. The van der Waals surface area contributed by atoms with Crippen molar-refractivity contribution < 1.29 is 0 Å². The summed E-state index contributed by atoms with van der Waals surface area (Å²) in [6.07, 6.45) is 7.96. The van der Waals surface area contributed by atoms with Crippen LogP contribution in [0.4, 0.5) is 5.69 Å². The zero-order valence-electron chi connectivity index (χ0n) is 11.4. The number of hydrogen-bond acceptors (Lipinski definition) is 2. The van der Waals surface area contributed by atoms with Crippen molar-refractivity contribution in [3.8, 4) is 0 Å². The van der Waals surface area contributed by atoms with Gasteiger partial charge < -0.3 is 5.73 Å². The maximum Gasteiger partial charge on any atom is 0.0356 e. The Morgan fingerprint density at radius 3 is 3.00 bits per heavy atom. The minimum Gasteiger partial charge on any atom is -0.399 e. The van der Waals surface area contributed by atoms with Crippen LogP contribution in [0.15, 0.2) is 18.2 Å². The summed E-state index contributed by atoms with van der Waals surface area (Å²) >= 11 is 0. The third-order valence-corrected chi connectivity index (χ3v) is 4.76. The number of likely N-dealkylation sites (tertiary alicyclic amines) is 1. The Kier molecular flexibility index (Phi) is 3.29. The smallest absolute Gasteiger partial charge is 0.0356 e. The number of hydrogen-bond donors (Lipinski definition) is 1. The first kappa shape index (κ1) is 12.0. The van der Waals surface area contributed by atoms with E-state index in [2.05, 4.69) is 30.0 Å². The molecule has 2 atom stereocenters. The third kappa shape index (κ3) is 2.03. The summed E-state index contributed by atoms with van der Waals surface area (Å²) in [7, 11) is 0. The molecule has 2 unspecified atom stereocenters. The largest absolute Gasteiger partial charge is 0.399 e. The summed E-state index contributed by atoms with van der Waals surface area (Å²) in [6, 6.07) is 7.98. The van der Waals surface area contributed by atoms with Gasteiger partial charge in [0.05, 0.1) is 0 Å². The lowest BCUT2D eigenvalue weighted by Crippen LogP contribution is -2.41. The first-order valence-corrected chi connectivity index (χ1v) is 7.43.